The van der Waals surface area contributed by atoms with Crippen molar-refractivity contribution in [2.45, 2.75) is 26.7 Å². The fourth-order valence-corrected chi connectivity index (χ4v) is 3.65. The molecule has 1 saturated heterocycles. The predicted octanol–water partition coefficient (Wildman–Crippen LogP) is 2.33. The number of hydrogen-bond acceptors (Lipinski definition) is 6. The van der Waals surface area contributed by atoms with Crippen molar-refractivity contribution in [3.8, 4) is 11.4 Å². The van der Waals surface area contributed by atoms with E-state index in [1.54, 1.807) is 6.33 Å². The quantitative estimate of drug-likeness (QED) is 0.889. The number of aryl methyl sites for hydroxylation is 1. The standard InChI is InChI=1S/C19H26N6O/c1-3-24-7-9-25(10-8-24)18-12-17(20-13-21-18)19-15-11-14(26-4-2)5-6-16(15)22-23-19/h11-13H,3-10H2,1-2H3,(H,22,23). The van der Waals surface area contributed by atoms with Gasteiger partial charge in [0.2, 0.25) is 0 Å². The maximum atomic E-state index is 5.71. The molecule has 1 aliphatic carbocycles. The van der Waals surface area contributed by atoms with Gasteiger partial charge in [-0.1, -0.05) is 6.92 Å². The summed E-state index contributed by atoms with van der Waals surface area (Å²) in [5.74, 6) is 2.00. The largest absolute Gasteiger partial charge is 0.498 e. The topological polar surface area (TPSA) is 70.2 Å². The molecule has 0 amide bonds. The second-order valence-electron chi connectivity index (χ2n) is 6.69. The lowest BCUT2D eigenvalue weighted by molar-refractivity contribution is 0.221. The van der Waals surface area contributed by atoms with Crippen molar-refractivity contribution in [1.82, 2.24) is 25.1 Å². The lowest BCUT2D eigenvalue weighted by atomic mass is 10.00. The molecule has 2 aromatic rings. The Labute approximate surface area is 154 Å². The zero-order valence-electron chi connectivity index (χ0n) is 15.5. The molecule has 0 spiro atoms. The van der Waals surface area contributed by atoms with E-state index >= 15 is 0 Å². The number of allylic oxidation sites excluding steroid dienone is 1. The Bertz CT molecular complexity index is 791. The van der Waals surface area contributed by atoms with Crippen LogP contribution in [0.2, 0.25) is 0 Å². The van der Waals surface area contributed by atoms with Crippen LogP contribution < -0.4 is 4.90 Å². The van der Waals surface area contributed by atoms with E-state index < -0.39 is 0 Å². The van der Waals surface area contributed by atoms with Gasteiger partial charge in [0.05, 0.1) is 18.1 Å². The Hall–Kier alpha value is -2.41. The van der Waals surface area contributed by atoms with Gasteiger partial charge in [-0.15, -0.1) is 0 Å². The van der Waals surface area contributed by atoms with Gasteiger partial charge in [0.1, 0.15) is 17.8 Å². The smallest absolute Gasteiger partial charge is 0.132 e. The molecular formula is C19H26N6O. The van der Waals surface area contributed by atoms with Crippen LogP contribution in [-0.4, -0.2) is 64.4 Å². The Morgan fingerprint density at radius 1 is 1.12 bits per heavy atom. The van der Waals surface area contributed by atoms with Crippen LogP contribution in [0.15, 0.2) is 18.2 Å². The van der Waals surface area contributed by atoms with Crippen molar-refractivity contribution >= 4 is 11.9 Å². The van der Waals surface area contributed by atoms with E-state index in [9.17, 15) is 0 Å². The van der Waals surface area contributed by atoms with E-state index in [1.165, 1.54) is 0 Å². The van der Waals surface area contributed by atoms with Crippen LogP contribution in [0.5, 0.6) is 0 Å². The number of hydrogen-bond donors (Lipinski definition) is 1. The molecule has 26 heavy (non-hydrogen) atoms. The average molecular weight is 354 g/mol. The third-order valence-electron chi connectivity index (χ3n) is 5.18. The zero-order valence-corrected chi connectivity index (χ0v) is 15.5. The number of aromatic nitrogens is 4. The van der Waals surface area contributed by atoms with Crippen LogP contribution in [0.4, 0.5) is 5.82 Å². The maximum Gasteiger partial charge on any atom is 0.132 e. The molecule has 0 atom stereocenters. The van der Waals surface area contributed by atoms with E-state index in [2.05, 4.69) is 49.0 Å². The van der Waals surface area contributed by atoms with Crippen LogP contribution in [0, 0.1) is 0 Å². The van der Waals surface area contributed by atoms with Gasteiger partial charge >= 0.3 is 0 Å². The second-order valence-corrected chi connectivity index (χ2v) is 6.69. The molecule has 2 aliphatic rings. The molecule has 1 fully saturated rings. The molecule has 7 nitrogen and oxygen atoms in total. The summed E-state index contributed by atoms with van der Waals surface area (Å²) in [6.45, 7) is 10.2. The Morgan fingerprint density at radius 3 is 2.73 bits per heavy atom. The van der Waals surface area contributed by atoms with Gasteiger partial charge in [0.15, 0.2) is 0 Å². The summed E-state index contributed by atoms with van der Waals surface area (Å²) >= 11 is 0. The van der Waals surface area contributed by atoms with Crippen LogP contribution in [0.3, 0.4) is 0 Å². The van der Waals surface area contributed by atoms with Gasteiger partial charge in [0, 0.05) is 49.9 Å². The van der Waals surface area contributed by atoms with E-state index in [-0.39, 0.29) is 0 Å². The number of aromatic amines is 1. The SMILES string of the molecule is CCOC1=Cc2c(-c3cc(N4CCN(CC)CC4)ncn3)n[nH]c2CC1. The molecule has 1 N–H and O–H groups in total. The molecule has 0 bridgehead atoms. The second kappa shape index (κ2) is 7.45. The number of nitrogens with one attached hydrogen (secondary N) is 1. The third-order valence-corrected chi connectivity index (χ3v) is 5.18. The van der Waals surface area contributed by atoms with Crippen molar-refractivity contribution in [2.24, 2.45) is 0 Å². The summed E-state index contributed by atoms with van der Waals surface area (Å²) < 4.78 is 5.71. The highest BCUT2D eigenvalue weighted by atomic mass is 16.5. The summed E-state index contributed by atoms with van der Waals surface area (Å²) in [5, 5.41) is 7.70. The molecule has 0 saturated carbocycles. The summed E-state index contributed by atoms with van der Waals surface area (Å²) in [6.07, 6.45) is 5.58. The van der Waals surface area contributed by atoms with Crippen LogP contribution in [-0.2, 0) is 11.2 Å². The van der Waals surface area contributed by atoms with Crippen LogP contribution in [0.25, 0.3) is 17.5 Å². The number of piperazine rings is 1. The van der Waals surface area contributed by atoms with Crippen molar-refractivity contribution in [2.75, 3.05) is 44.2 Å². The predicted molar refractivity (Wildman–Crippen MR) is 102 cm³/mol. The number of anilines is 1. The van der Waals surface area contributed by atoms with E-state index in [1.807, 2.05) is 6.92 Å². The highest BCUT2D eigenvalue weighted by Gasteiger charge is 2.22. The molecule has 7 heteroatoms. The minimum atomic E-state index is 0.690. The summed E-state index contributed by atoms with van der Waals surface area (Å²) in [6, 6.07) is 2.06. The molecule has 0 aromatic carbocycles. The van der Waals surface area contributed by atoms with E-state index in [0.717, 1.165) is 79.8 Å². The first-order chi connectivity index (χ1) is 12.8. The molecule has 1 aliphatic heterocycles. The summed E-state index contributed by atoms with van der Waals surface area (Å²) in [7, 11) is 0. The lowest BCUT2D eigenvalue weighted by Gasteiger charge is -2.34. The van der Waals surface area contributed by atoms with Gasteiger partial charge in [-0.2, -0.15) is 5.10 Å². The highest BCUT2D eigenvalue weighted by Crippen LogP contribution is 2.31. The number of fused-ring (bicyclic) bond motifs is 1. The number of ether oxygens (including phenoxy) is 1. The molecule has 138 valence electrons. The molecular weight excluding hydrogens is 328 g/mol. The molecule has 3 heterocycles. The molecule has 0 radical (unpaired) electrons. The lowest BCUT2D eigenvalue weighted by Crippen LogP contribution is -2.46. The molecule has 0 unspecified atom stereocenters. The van der Waals surface area contributed by atoms with Crippen LogP contribution in [0.1, 0.15) is 31.5 Å². The Morgan fingerprint density at radius 2 is 1.96 bits per heavy atom. The average Bonchev–Trinajstić information content (AvgIpc) is 3.12. The van der Waals surface area contributed by atoms with Crippen molar-refractivity contribution in [3.63, 3.8) is 0 Å². The van der Waals surface area contributed by atoms with Gasteiger partial charge in [-0.25, -0.2) is 9.97 Å². The third kappa shape index (κ3) is 3.31. The molecule has 4 rings (SSSR count). The first-order valence-corrected chi connectivity index (χ1v) is 9.48. The van der Waals surface area contributed by atoms with E-state index in [4.69, 9.17) is 4.74 Å². The van der Waals surface area contributed by atoms with E-state index in [0.29, 0.717) is 6.61 Å². The Kier molecular flexibility index (Phi) is 4.88. The highest BCUT2D eigenvalue weighted by molar-refractivity contribution is 5.74. The first-order valence-electron chi connectivity index (χ1n) is 9.48. The van der Waals surface area contributed by atoms with Crippen molar-refractivity contribution in [3.05, 3.63) is 29.4 Å². The fourth-order valence-electron chi connectivity index (χ4n) is 3.65. The number of rotatable bonds is 5. The number of likely N-dealkylation sites (N-methyl/N-ethyl adjacent to an activating group) is 1. The van der Waals surface area contributed by atoms with Gasteiger partial charge in [0.25, 0.3) is 0 Å². The minimum Gasteiger partial charge on any atom is -0.498 e. The maximum absolute atomic E-state index is 5.71. The molecule has 2 aromatic heterocycles. The first kappa shape index (κ1) is 17.0. The normalized spacial score (nSPS) is 17.8. The van der Waals surface area contributed by atoms with Gasteiger partial charge in [-0.3, -0.25) is 5.10 Å². The van der Waals surface area contributed by atoms with Crippen molar-refractivity contribution in [1.29, 1.82) is 0 Å². The summed E-state index contributed by atoms with van der Waals surface area (Å²) in [5.41, 5.74) is 3.99. The van der Waals surface area contributed by atoms with Crippen molar-refractivity contribution < 1.29 is 4.74 Å². The number of nitrogens with zero attached hydrogens (tertiary/aromatic N) is 5. The minimum absolute atomic E-state index is 0.690. The van der Waals surface area contributed by atoms with Gasteiger partial charge < -0.3 is 14.5 Å². The zero-order chi connectivity index (χ0) is 17.9. The summed E-state index contributed by atoms with van der Waals surface area (Å²) in [4.78, 5) is 13.8. The Balaban J connectivity index is 1.60. The fraction of sp³-hybridized carbons (Fsp3) is 0.526. The monoisotopic (exact) mass is 354 g/mol. The number of H-pyrrole nitrogens is 1. The van der Waals surface area contributed by atoms with Crippen LogP contribution >= 0.6 is 0 Å². The van der Waals surface area contributed by atoms with Gasteiger partial charge in [-0.05, 0) is 26.0 Å².